The largest absolute Gasteiger partial charge is 0.573 e. The van der Waals surface area contributed by atoms with Gasteiger partial charge in [-0.25, -0.2) is 9.59 Å². The first-order chi connectivity index (χ1) is 17.2. The zero-order chi connectivity index (χ0) is 25.4. The number of hydrogen-bond donors (Lipinski definition) is 1. The van der Waals surface area contributed by atoms with Crippen molar-refractivity contribution in [3.8, 4) is 16.9 Å². The van der Waals surface area contributed by atoms with Gasteiger partial charge < -0.3 is 14.6 Å². The predicted molar refractivity (Wildman–Crippen MR) is 127 cm³/mol. The molecule has 3 aromatic rings. The van der Waals surface area contributed by atoms with Gasteiger partial charge in [0.2, 0.25) is 0 Å². The summed E-state index contributed by atoms with van der Waals surface area (Å²) in [4.78, 5) is 26.2. The van der Waals surface area contributed by atoms with Gasteiger partial charge in [0.25, 0.3) is 0 Å². The summed E-state index contributed by atoms with van der Waals surface area (Å²) in [5, 5.41) is 8.69. The van der Waals surface area contributed by atoms with Crippen molar-refractivity contribution >= 4 is 23.8 Å². The minimum Gasteiger partial charge on any atom is -0.480 e. The monoisotopic (exact) mass is 515 g/mol. The Morgan fingerprint density at radius 1 is 0.917 bits per heavy atom. The first kappa shape index (κ1) is 24.1. The van der Waals surface area contributed by atoms with Crippen LogP contribution in [0.1, 0.15) is 28.0 Å². The Morgan fingerprint density at radius 2 is 1.47 bits per heavy atom. The van der Waals surface area contributed by atoms with E-state index in [0.29, 0.717) is 0 Å². The molecule has 0 radical (unpaired) electrons. The number of para-hydroxylation sites is 1. The molecule has 2 atom stereocenters. The minimum atomic E-state index is -4.94. The molecule has 2 aliphatic rings. The molecule has 1 aliphatic heterocycles. The zero-order valence-corrected chi connectivity index (χ0v) is 19.5. The van der Waals surface area contributed by atoms with Gasteiger partial charge in [0.15, 0.2) is 0 Å². The molecule has 10 heteroatoms. The molecule has 1 unspecified atom stereocenters. The third-order valence-corrected chi connectivity index (χ3v) is 7.55. The Morgan fingerprint density at radius 3 is 2.06 bits per heavy atom. The van der Waals surface area contributed by atoms with Crippen molar-refractivity contribution in [2.45, 2.75) is 23.7 Å². The van der Waals surface area contributed by atoms with E-state index in [1.54, 1.807) is 0 Å². The molecule has 1 saturated heterocycles. The molecule has 0 bridgehead atoms. The summed E-state index contributed by atoms with van der Waals surface area (Å²) in [5.41, 5.74) is 4.07. The topological polar surface area (TPSA) is 76.1 Å². The van der Waals surface area contributed by atoms with E-state index in [2.05, 4.69) is 4.74 Å². The first-order valence-electron chi connectivity index (χ1n) is 11.1. The first-order valence-corrected chi connectivity index (χ1v) is 12.1. The number of ether oxygens (including phenoxy) is 2. The van der Waals surface area contributed by atoms with Crippen LogP contribution in [-0.4, -0.2) is 46.8 Å². The molecule has 3 aromatic carbocycles. The molecule has 0 aromatic heterocycles. The third kappa shape index (κ3) is 4.48. The second kappa shape index (κ2) is 9.42. The lowest BCUT2D eigenvalue weighted by Gasteiger charge is -2.28. The van der Waals surface area contributed by atoms with E-state index in [1.807, 2.05) is 48.5 Å². The number of carboxylic acid groups (broad SMARTS) is 1. The fraction of sp³-hybridized carbons (Fsp3) is 0.231. The van der Waals surface area contributed by atoms with E-state index in [1.165, 1.54) is 18.2 Å². The van der Waals surface area contributed by atoms with Crippen LogP contribution in [0.3, 0.4) is 0 Å². The highest BCUT2D eigenvalue weighted by Crippen LogP contribution is 2.47. The number of nitrogens with zero attached hydrogens (tertiary/aromatic N) is 1. The molecule has 0 saturated carbocycles. The van der Waals surface area contributed by atoms with Gasteiger partial charge in [0.1, 0.15) is 23.8 Å². The number of thioether (sulfide) groups is 1. The number of carbonyl (C=O) groups is 2. The maximum absolute atomic E-state index is 13.3. The summed E-state index contributed by atoms with van der Waals surface area (Å²) in [7, 11) is 0. The van der Waals surface area contributed by atoms with Crippen molar-refractivity contribution in [3.05, 3.63) is 89.5 Å². The fourth-order valence-electron chi connectivity index (χ4n) is 4.73. The second-order valence-corrected chi connectivity index (χ2v) is 9.45. The van der Waals surface area contributed by atoms with Gasteiger partial charge in [0.05, 0.1) is 0 Å². The maximum atomic E-state index is 13.3. The summed E-state index contributed by atoms with van der Waals surface area (Å²) in [6, 6.07) is 19.6. The minimum absolute atomic E-state index is 0.00938. The number of halogens is 3. The quantitative estimate of drug-likeness (QED) is 0.447. The number of hydrogen-bond acceptors (Lipinski definition) is 5. The average Bonchev–Trinajstić information content (AvgIpc) is 3.42. The van der Waals surface area contributed by atoms with Crippen LogP contribution < -0.4 is 4.74 Å². The molecule has 1 N–H and O–H groups in total. The van der Waals surface area contributed by atoms with Crippen LogP contribution in [-0.2, 0) is 9.53 Å². The Kier molecular flexibility index (Phi) is 6.29. The average molecular weight is 516 g/mol. The van der Waals surface area contributed by atoms with Crippen LogP contribution in [0.4, 0.5) is 18.0 Å². The van der Waals surface area contributed by atoms with Crippen LogP contribution in [0.25, 0.3) is 11.1 Å². The molecule has 0 spiro atoms. The van der Waals surface area contributed by atoms with Crippen LogP contribution in [0.15, 0.2) is 72.8 Å². The lowest BCUT2D eigenvalue weighted by Crippen LogP contribution is -2.43. The van der Waals surface area contributed by atoms with E-state index >= 15 is 0 Å². The summed E-state index contributed by atoms with van der Waals surface area (Å²) in [6.07, 6.45) is -5.86. The van der Waals surface area contributed by atoms with Gasteiger partial charge in [-0.15, -0.1) is 24.9 Å². The molecule has 1 aliphatic carbocycles. The predicted octanol–water partition coefficient (Wildman–Crippen LogP) is 6.03. The Hall–Kier alpha value is -3.66. The zero-order valence-electron chi connectivity index (χ0n) is 18.6. The van der Waals surface area contributed by atoms with Gasteiger partial charge in [-0.05, 0) is 28.3 Å². The number of carboxylic acids is 1. The highest BCUT2D eigenvalue weighted by molar-refractivity contribution is 7.99. The SMILES string of the molecule is O=C(O)[C@@H]1CSC(c2ccccc2OC(F)(F)F)N1C(=O)OCC1c2ccccc2-c2ccccc21. The molecule has 36 heavy (non-hydrogen) atoms. The molecule has 1 amide bonds. The summed E-state index contributed by atoms with van der Waals surface area (Å²) in [6.45, 7) is -0.0478. The van der Waals surface area contributed by atoms with Crippen molar-refractivity contribution in [1.29, 1.82) is 0 Å². The third-order valence-electron chi connectivity index (χ3n) is 6.24. The van der Waals surface area contributed by atoms with Crippen molar-refractivity contribution in [3.63, 3.8) is 0 Å². The molecular weight excluding hydrogens is 495 g/mol. The van der Waals surface area contributed by atoms with Gasteiger partial charge in [-0.1, -0.05) is 66.7 Å². The number of alkyl halides is 3. The summed E-state index contributed by atoms with van der Waals surface area (Å²) < 4.78 is 48.7. The van der Waals surface area contributed by atoms with Crippen molar-refractivity contribution < 1.29 is 37.3 Å². The number of amides is 1. The molecule has 6 nitrogen and oxygen atoms in total. The Bertz CT molecular complexity index is 1270. The molecule has 186 valence electrons. The van der Waals surface area contributed by atoms with Gasteiger partial charge in [-0.2, -0.15) is 0 Å². The fourth-order valence-corrected chi connectivity index (χ4v) is 6.17. The lowest BCUT2D eigenvalue weighted by molar-refractivity contribution is -0.275. The summed E-state index contributed by atoms with van der Waals surface area (Å²) in [5.74, 6) is -2.03. The number of benzene rings is 3. The number of fused-ring (bicyclic) bond motifs is 3. The van der Waals surface area contributed by atoms with Crippen LogP contribution in [0.5, 0.6) is 5.75 Å². The smallest absolute Gasteiger partial charge is 0.480 e. The Balaban J connectivity index is 1.42. The normalized spacial score (nSPS) is 19.0. The number of rotatable bonds is 5. The highest BCUT2D eigenvalue weighted by Gasteiger charge is 2.45. The van der Waals surface area contributed by atoms with Crippen molar-refractivity contribution in [1.82, 2.24) is 4.90 Å². The number of aliphatic carboxylic acids is 1. The van der Waals surface area contributed by atoms with E-state index in [9.17, 15) is 27.9 Å². The van der Waals surface area contributed by atoms with Gasteiger partial charge in [0, 0.05) is 17.2 Å². The second-order valence-electron chi connectivity index (χ2n) is 8.34. The van der Waals surface area contributed by atoms with Crippen LogP contribution >= 0.6 is 11.8 Å². The highest BCUT2D eigenvalue weighted by atomic mass is 32.2. The van der Waals surface area contributed by atoms with Gasteiger partial charge in [-0.3, -0.25) is 4.90 Å². The van der Waals surface area contributed by atoms with Crippen LogP contribution in [0, 0.1) is 0 Å². The van der Waals surface area contributed by atoms with Crippen LogP contribution in [0.2, 0.25) is 0 Å². The van der Waals surface area contributed by atoms with Crippen molar-refractivity contribution in [2.24, 2.45) is 0 Å². The summed E-state index contributed by atoms with van der Waals surface area (Å²) >= 11 is 1.04. The molecule has 1 heterocycles. The number of carbonyl (C=O) groups excluding carboxylic acids is 1. The lowest BCUT2D eigenvalue weighted by atomic mass is 9.98. The van der Waals surface area contributed by atoms with Crippen molar-refractivity contribution in [2.75, 3.05) is 12.4 Å². The van der Waals surface area contributed by atoms with E-state index in [4.69, 9.17) is 4.74 Å². The standard InChI is InChI=1S/C26H20F3NO5S/c27-26(28,29)35-22-12-6-5-11-19(22)23-30(21(14-36-23)24(31)32)25(33)34-13-20-17-9-3-1-7-15(17)16-8-2-4-10-18(16)20/h1-12,20-21,23H,13-14H2,(H,31,32)/t21-,23?/m0/s1. The van der Waals surface area contributed by atoms with E-state index in [-0.39, 0.29) is 23.8 Å². The van der Waals surface area contributed by atoms with E-state index < -0.39 is 35.6 Å². The maximum Gasteiger partial charge on any atom is 0.573 e. The van der Waals surface area contributed by atoms with E-state index in [0.717, 1.165) is 45.0 Å². The van der Waals surface area contributed by atoms with Gasteiger partial charge >= 0.3 is 18.4 Å². The molecule has 1 fully saturated rings. The Labute approximate surface area is 208 Å². The molecule has 5 rings (SSSR count). The molecular formula is C26H20F3NO5S.